The summed E-state index contributed by atoms with van der Waals surface area (Å²) < 4.78 is 5.83. The number of hydrogen-bond acceptors (Lipinski definition) is 4. The first-order valence-corrected chi connectivity index (χ1v) is 14.4. The maximum Gasteiger partial charge on any atom is 0.220 e. The number of nitrogens with one attached hydrogen (secondary N) is 1. The fourth-order valence-electron chi connectivity index (χ4n) is 5.49. The number of hydrogen-bond donors (Lipinski definition) is 2. The maximum atomic E-state index is 13.0. The molecule has 0 unspecified atom stereocenters. The molecule has 2 aliphatic rings. The van der Waals surface area contributed by atoms with Crippen LogP contribution in [0.2, 0.25) is 0 Å². The lowest BCUT2D eigenvalue weighted by atomic mass is 9.86. The molecule has 38 heavy (non-hydrogen) atoms. The fraction of sp³-hybridized carbons (Fsp3) is 0.545. The van der Waals surface area contributed by atoms with Crippen molar-refractivity contribution in [1.29, 1.82) is 0 Å². The number of rotatable bonds is 11. The summed E-state index contributed by atoms with van der Waals surface area (Å²) in [6, 6.07) is 14.4. The van der Waals surface area contributed by atoms with E-state index in [1.165, 1.54) is 29.5 Å². The zero-order chi connectivity index (χ0) is 27.1. The standard InChI is InChI=1S/C33H46N2O3/c1-24(25-15-17-28(18-16-25)33(2,3)4)10-5-6-12-31(36)34-29(23-35-19-7-8-20-35)32(37)27-14-13-26-11-9-21-38-30(26)22-27/h13-18,22,29,32,37H,1,5-12,19-21,23H2,2-4H3,(H,34,36)/t29-,32-/m1/s1. The molecule has 2 aromatic carbocycles. The van der Waals surface area contributed by atoms with Crippen molar-refractivity contribution in [3.8, 4) is 5.75 Å². The summed E-state index contributed by atoms with van der Waals surface area (Å²) in [4.78, 5) is 15.3. The molecule has 0 radical (unpaired) electrons. The van der Waals surface area contributed by atoms with Crippen LogP contribution in [0.1, 0.15) is 94.1 Å². The quantitative estimate of drug-likeness (QED) is 0.348. The van der Waals surface area contributed by atoms with Crippen molar-refractivity contribution in [2.24, 2.45) is 0 Å². The third-order valence-corrected chi connectivity index (χ3v) is 7.95. The SMILES string of the molecule is C=C(CCCCC(=O)N[C@H](CN1CCCC1)[C@H](O)c1ccc2c(c1)OCCC2)c1ccc(C(C)(C)C)cc1. The molecule has 5 nitrogen and oxygen atoms in total. The molecule has 5 heteroatoms. The van der Waals surface area contributed by atoms with Gasteiger partial charge in [-0.2, -0.15) is 0 Å². The van der Waals surface area contributed by atoms with Gasteiger partial charge in [0.15, 0.2) is 0 Å². The summed E-state index contributed by atoms with van der Waals surface area (Å²) in [5.74, 6) is 0.870. The number of carbonyl (C=O) groups is 1. The molecule has 2 aliphatic heterocycles. The Balaban J connectivity index is 1.29. The van der Waals surface area contributed by atoms with Crippen LogP contribution in [-0.2, 0) is 16.6 Å². The predicted molar refractivity (Wildman–Crippen MR) is 155 cm³/mol. The number of aliphatic hydroxyl groups excluding tert-OH is 1. The maximum absolute atomic E-state index is 13.0. The molecule has 2 atom stereocenters. The molecule has 4 rings (SSSR count). The number of nitrogens with zero attached hydrogens (tertiary/aromatic N) is 1. The minimum atomic E-state index is -0.772. The number of likely N-dealkylation sites (tertiary alicyclic amines) is 1. The van der Waals surface area contributed by atoms with Gasteiger partial charge in [0, 0.05) is 13.0 Å². The highest BCUT2D eigenvalue weighted by atomic mass is 16.5. The number of amides is 1. The Morgan fingerprint density at radius 1 is 1.05 bits per heavy atom. The van der Waals surface area contributed by atoms with Crippen molar-refractivity contribution < 1.29 is 14.6 Å². The second-order valence-electron chi connectivity index (χ2n) is 12.1. The number of ether oxygens (including phenoxy) is 1. The van der Waals surface area contributed by atoms with Crippen molar-refractivity contribution in [3.63, 3.8) is 0 Å². The van der Waals surface area contributed by atoms with E-state index in [4.69, 9.17) is 4.74 Å². The van der Waals surface area contributed by atoms with Gasteiger partial charge >= 0.3 is 0 Å². The van der Waals surface area contributed by atoms with Crippen molar-refractivity contribution in [2.45, 2.75) is 89.7 Å². The summed E-state index contributed by atoms with van der Waals surface area (Å²) in [7, 11) is 0. The number of aliphatic hydroxyl groups is 1. The summed E-state index contributed by atoms with van der Waals surface area (Å²) in [5.41, 5.74) is 5.75. The third-order valence-electron chi connectivity index (χ3n) is 7.95. The molecule has 1 fully saturated rings. The monoisotopic (exact) mass is 518 g/mol. The number of unbranched alkanes of at least 4 members (excludes halogenated alkanes) is 1. The summed E-state index contributed by atoms with van der Waals surface area (Å²) in [6.45, 7) is 14.4. The topological polar surface area (TPSA) is 61.8 Å². The van der Waals surface area contributed by atoms with Gasteiger partial charge in [-0.3, -0.25) is 4.79 Å². The minimum Gasteiger partial charge on any atom is -0.493 e. The number of allylic oxidation sites excluding steroid dienone is 1. The second-order valence-corrected chi connectivity index (χ2v) is 12.1. The van der Waals surface area contributed by atoms with E-state index in [1.807, 2.05) is 12.1 Å². The molecule has 2 N–H and O–H groups in total. The van der Waals surface area contributed by atoms with Gasteiger partial charge in [-0.25, -0.2) is 0 Å². The second kappa shape index (κ2) is 12.9. The van der Waals surface area contributed by atoms with Gasteiger partial charge in [-0.05, 0) is 97.3 Å². The van der Waals surface area contributed by atoms with Crippen LogP contribution in [0.15, 0.2) is 49.0 Å². The Kier molecular flexibility index (Phi) is 9.67. The normalized spacial score (nSPS) is 17.4. The highest BCUT2D eigenvalue weighted by molar-refractivity contribution is 5.76. The first-order chi connectivity index (χ1) is 18.2. The van der Waals surface area contributed by atoms with Crippen LogP contribution >= 0.6 is 0 Å². The molecular weight excluding hydrogens is 472 g/mol. The van der Waals surface area contributed by atoms with Crippen LogP contribution in [0.3, 0.4) is 0 Å². The molecule has 0 saturated carbocycles. The van der Waals surface area contributed by atoms with E-state index in [9.17, 15) is 9.90 Å². The first-order valence-electron chi connectivity index (χ1n) is 14.4. The number of aryl methyl sites for hydroxylation is 1. The van der Waals surface area contributed by atoms with E-state index < -0.39 is 6.10 Å². The van der Waals surface area contributed by atoms with Gasteiger partial charge in [-0.1, -0.05) is 63.7 Å². The lowest BCUT2D eigenvalue weighted by molar-refractivity contribution is -0.123. The average molecular weight is 519 g/mol. The number of benzene rings is 2. The molecule has 0 aliphatic carbocycles. The van der Waals surface area contributed by atoms with E-state index in [2.05, 4.69) is 67.9 Å². The van der Waals surface area contributed by atoms with Gasteiger partial charge in [-0.15, -0.1) is 0 Å². The fourth-order valence-corrected chi connectivity index (χ4v) is 5.49. The van der Waals surface area contributed by atoms with Crippen molar-refractivity contribution in [3.05, 3.63) is 71.3 Å². The molecule has 206 valence electrons. The Labute approximate surface area is 229 Å². The van der Waals surface area contributed by atoms with Gasteiger partial charge in [0.25, 0.3) is 0 Å². The smallest absolute Gasteiger partial charge is 0.220 e. The zero-order valence-electron chi connectivity index (χ0n) is 23.6. The Morgan fingerprint density at radius 3 is 2.47 bits per heavy atom. The van der Waals surface area contributed by atoms with Crippen LogP contribution in [0.25, 0.3) is 5.57 Å². The molecule has 0 bridgehead atoms. The molecule has 1 amide bonds. The summed E-state index contributed by atoms with van der Waals surface area (Å²) in [6.07, 6.45) is 6.64. The molecular formula is C33H46N2O3. The largest absolute Gasteiger partial charge is 0.493 e. The van der Waals surface area contributed by atoms with Crippen LogP contribution in [-0.4, -0.2) is 48.2 Å². The van der Waals surface area contributed by atoms with Gasteiger partial charge < -0.3 is 20.1 Å². The lowest BCUT2D eigenvalue weighted by Crippen LogP contribution is -2.46. The predicted octanol–water partition coefficient (Wildman–Crippen LogP) is 6.20. The first kappa shape index (κ1) is 28.4. The van der Waals surface area contributed by atoms with E-state index in [0.717, 1.165) is 68.7 Å². The lowest BCUT2D eigenvalue weighted by Gasteiger charge is -2.29. The number of fused-ring (bicyclic) bond motifs is 1. The van der Waals surface area contributed by atoms with E-state index in [1.54, 1.807) is 0 Å². The Morgan fingerprint density at radius 2 is 1.76 bits per heavy atom. The van der Waals surface area contributed by atoms with Crippen LogP contribution in [0.5, 0.6) is 5.75 Å². The van der Waals surface area contributed by atoms with E-state index in [0.29, 0.717) is 13.0 Å². The molecule has 0 aromatic heterocycles. The van der Waals surface area contributed by atoms with Crippen molar-refractivity contribution >= 4 is 11.5 Å². The molecule has 1 saturated heterocycles. The molecule has 2 aromatic rings. The highest BCUT2D eigenvalue weighted by Crippen LogP contribution is 2.30. The highest BCUT2D eigenvalue weighted by Gasteiger charge is 2.27. The average Bonchev–Trinajstić information content (AvgIpc) is 3.42. The van der Waals surface area contributed by atoms with Gasteiger partial charge in [0.05, 0.1) is 12.6 Å². The third kappa shape index (κ3) is 7.70. The molecule has 2 heterocycles. The van der Waals surface area contributed by atoms with Crippen molar-refractivity contribution in [2.75, 3.05) is 26.2 Å². The molecule has 0 spiro atoms. The zero-order valence-corrected chi connectivity index (χ0v) is 23.6. The van der Waals surface area contributed by atoms with Crippen LogP contribution in [0, 0.1) is 0 Å². The van der Waals surface area contributed by atoms with Crippen LogP contribution in [0.4, 0.5) is 0 Å². The van der Waals surface area contributed by atoms with E-state index in [-0.39, 0.29) is 17.4 Å². The Hall–Kier alpha value is -2.63. The van der Waals surface area contributed by atoms with Crippen molar-refractivity contribution in [1.82, 2.24) is 10.2 Å². The summed E-state index contributed by atoms with van der Waals surface area (Å²) >= 11 is 0. The van der Waals surface area contributed by atoms with Gasteiger partial charge in [0.2, 0.25) is 5.91 Å². The number of carbonyl (C=O) groups excluding carboxylic acids is 1. The summed E-state index contributed by atoms with van der Waals surface area (Å²) in [5, 5.41) is 14.5. The Bertz CT molecular complexity index is 1080. The van der Waals surface area contributed by atoms with Gasteiger partial charge in [0.1, 0.15) is 11.9 Å². The van der Waals surface area contributed by atoms with Crippen LogP contribution < -0.4 is 10.1 Å². The minimum absolute atomic E-state index is 0.00241. The van der Waals surface area contributed by atoms with E-state index >= 15 is 0 Å².